The fraction of sp³-hybridized carbons (Fsp3) is 0.100. The third-order valence-corrected chi connectivity index (χ3v) is 6.17. The number of nitrogens with zero attached hydrogens (tertiary/aromatic N) is 1. The van der Waals surface area contributed by atoms with E-state index in [0.717, 1.165) is 16.0 Å². The van der Waals surface area contributed by atoms with Crippen LogP contribution in [0, 0.1) is 45.8 Å². The zero-order chi connectivity index (χ0) is 22.0. The summed E-state index contributed by atoms with van der Waals surface area (Å²) in [5.74, 6) is -12.0. The van der Waals surface area contributed by atoms with Crippen molar-refractivity contribution in [2.75, 3.05) is 0 Å². The maximum atomic E-state index is 14.0. The third-order valence-electron chi connectivity index (χ3n) is 4.17. The Morgan fingerprint density at radius 1 is 0.967 bits per heavy atom. The first kappa shape index (κ1) is 22.0. The maximum absolute atomic E-state index is 14.0. The molecule has 1 heterocycles. The molecule has 0 amide bonds. The van der Waals surface area contributed by atoms with Crippen molar-refractivity contribution in [3.05, 3.63) is 87.6 Å². The lowest BCUT2D eigenvalue weighted by molar-refractivity contribution is 0.202. The van der Waals surface area contributed by atoms with Gasteiger partial charge >= 0.3 is 0 Å². The zero-order valence-electron chi connectivity index (χ0n) is 14.8. The number of benzene rings is 2. The average molecular weight is 454 g/mol. The summed E-state index contributed by atoms with van der Waals surface area (Å²) in [5.41, 5.74) is -1.35. The summed E-state index contributed by atoms with van der Waals surface area (Å²) >= 11 is 2.43. The monoisotopic (exact) mass is 454 g/mol. The second-order valence-electron chi connectivity index (χ2n) is 6.02. The molecule has 2 unspecified atom stereocenters. The highest BCUT2D eigenvalue weighted by Crippen LogP contribution is 2.34. The van der Waals surface area contributed by atoms with Crippen LogP contribution in [0.1, 0.15) is 28.7 Å². The minimum Gasteiger partial charge on any atom is -0.383 e. The van der Waals surface area contributed by atoms with E-state index in [1.807, 2.05) is 6.07 Å². The van der Waals surface area contributed by atoms with Gasteiger partial charge < -0.3 is 5.11 Å². The number of nitriles is 1. The molecule has 0 fully saturated rings. The molecule has 3 aromatic rings. The summed E-state index contributed by atoms with van der Waals surface area (Å²) in [6.07, 6.45) is -2.17. The lowest BCUT2D eigenvalue weighted by atomic mass is 9.94. The van der Waals surface area contributed by atoms with Crippen molar-refractivity contribution in [2.45, 2.75) is 16.2 Å². The molecule has 0 saturated carbocycles. The van der Waals surface area contributed by atoms with Gasteiger partial charge in [0.2, 0.25) is 5.82 Å². The normalized spacial score (nSPS) is 13.0. The van der Waals surface area contributed by atoms with Crippen LogP contribution < -0.4 is 0 Å². The van der Waals surface area contributed by atoms with E-state index in [1.54, 1.807) is 17.5 Å². The van der Waals surface area contributed by atoms with Crippen molar-refractivity contribution in [3.63, 3.8) is 0 Å². The molecule has 30 heavy (non-hydrogen) atoms. The van der Waals surface area contributed by atoms with Gasteiger partial charge in [0.05, 0.1) is 20.9 Å². The van der Waals surface area contributed by atoms with E-state index in [9.17, 15) is 32.3 Å². The second kappa shape index (κ2) is 8.95. The summed E-state index contributed by atoms with van der Waals surface area (Å²) in [6, 6.07) is 10.7. The first-order valence-electron chi connectivity index (χ1n) is 8.24. The Morgan fingerprint density at radius 2 is 1.57 bits per heavy atom. The fourth-order valence-electron chi connectivity index (χ4n) is 2.71. The van der Waals surface area contributed by atoms with Gasteiger partial charge in [0.15, 0.2) is 23.3 Å². The van der Waals surface area contributed by atoms with Crippen molar-refractivity contribution >= 4 is 28.1 Å². The lowest BCUT2D eigenvalue weighted by Gasteiger charge is -2.17. The number of thioether (sulfide) groups is 1. The van der Waals surface area contributed by atoms with Gasteiger partial charge in [-0.25, -0.2) is 22.0 Å². The van der Waals surface area contributed by atoms with E-state index >= 15 is 0 Å². The van der Waals surface area contributed by atoms with Crippen LogP contribution >= 0.6 is 23.1 Å². The number of hydrogen-bond donors (Lipinski definition) is 2. The highest BCUT2D eigenvalue weighted by Gasteiger charge is 2.31. The van der Waals surface area contributed by atoms with Gasteiger partial charge in [-0.1, -0.05) is 42.1 Å². The van der Waals surface area contributed by atoms with Crippen molar-refractivity contribution in [1.82, 2.24) is 0 Å². The number of aliphatic hydroxyl groups excluding tert-OH is 1. The summed E-state index contributed by atoms with van der Waals surface area (Å²) in [4.78, 5) is 0. The number of nitrogens with one attached hydrogen (secondary N) is 1. The first-order valence-corrected chi connectivity index (χ1v) is 9.94. The van der Waals surface area contributed by atoms with Crippen LogP contribution in [0.4, 0.5) is 22.0 Å². The van der Waals surface area contributed by atoms with E-state index in [-0.39, 0.29) is 16.2 Å². The fourth-order valence-corrected chi connectivity index (χ4v) is 4.46. The van der Waals surface area contributed by atoms with Crippen LogP contribution in [-0.2, 0) is 0 Å². The average Bonchev–Trinajstić information content (AvgIpc) is 3.24. The number of hydrogen-bond acceptors (Lipinski definition) is 5. The molecule has 0 radical (unpaired) electrons. The molecule has 154 valence electrons. The Balaban J connectivity index is 1.97. The molecule has 3 rings (SSSR count). The van der Waals surface area contributed by atoms with Crippen molar-refractivity contribution in [3.8, 4) is 6.07 Å². The molecule has 10 heteroatoms. The van der Waals surface area contributed by atoms with Gasteiger partial charge in [-0.05, 0) is 22.6 Å². The Bertz CT molecular complexity index is 1120. The quantitative estimate of drug-likeness (QED) is 0.126. The predicted molar refractivity (Wildman–Crippen MR) is 103 cm³/mol. The standard InChI is InChI=1S/C20H11F5N2OS2/c21-14-13(15(22)17(24)18(25)16(14)23)19(28)10-4-1-3-9(7-10)11(8-26)20(27)30-12-5-2-6-29-12/h1-7,11,19,27-28H. The van der Waals surface area contributed by atoms with Crippen LogP contribution in [0.15, 0.2) is 46.0 Å². The van der Waals surface area contributed by atoms with Gasteiger partial charge in [-0.3, -0.25) is 5.41 Å². The van der Waals surface area contributed by atoms with Crippen LogP contribution in [0.3, 0.4) is 0 Å². The van der Waals surface area contributed by atoms with Gasteiger partial charge in [0.1, 0.15) is 12.0 Å². The number of aliphatic hydroxyl groups is 1. The Kier molecular flexibility index (Phi) is 6.55. The lowest BCUT2D eigenvalue weighted by Crippen LogP contribution is -2.13. The Morgan fingerprint density at radius 3 is 2.13 bits per heavy atom. The smallest absolute Gasteiger partial charge is 0.200 e. The molecule has 0 spiro atoms. The Hall–Kier alpha value is -2.74. The van der Waals surface area contributed by atoms with Gasteiger partial charge in [0, 0.05) is 0 Å². The molecule has 0 bridgehead atoms. The van der Waals surface area contributed by atoms with E-state index in [2.05, 4.69) is 0 Å². The van der Waals surface area contributed by atoms with Gasteiger partial charge in [-0.2, -0.15) is 5.26 Å². The van der Waals surface area contributed by atoms with E-state index in [4.69, 9.17) is 5.41 Å². The minimum atomic E-state index is -2.32. The molecular weight excluding hydrogens is 443 g/mol. The number of halogens is 5. The van der Waals surface area contributed by atoms with Crippen molar-refractivity contribution in [1.29, 1.82) is 10.7 Å². The van der Waals surface area contributed by atoms with Crippen LogP contribution in [-0.4, -0.2) is 10.2 Å². The van der Waals surface area contributed by atoms with Crippen LogP contribution in [0.5, 0.6) is 0 Å². The molecule has 2 N–H and O–H groups in total. The summed E-state index contributed by atoms with van der Waals surface area (Å²) in [6.45, 7) is 0. The molecule has 0 saturated heterocycles. The molecule has 0 aliphatic rings. The van der Waals surface area contributed by atoms with E-state index in [1.165, 1.54) is 35.6 Å². The molecule has 2 atom stereocenters. The van der Waals surface area contributed by atoms with Crippen LogP contribution in [0.2, 0.25) is 0 Å². The first-order chi connectivity index (χ1) is 14.3. The molecule has 2 aromatic carbocycles. The minimum absolute atomic E-state index is 0.0252. The molecule has 3 nitrogen and oxygen atoms in total. The topological polar surface area (TPSA) is 67.9 Å². The molecular formula is C20H11F5N2OS2. The van der Waals surface area contributed by atoms with Gasteiger partial charge in [0.25, 0.3) is 0 Å². The van der Waals surface area contributed by atoms with Gasteiger partial charge in [-0.15, -0.1) is 11.3 Å². The van der Waals surface area contributed by atoms with Crippen molar-refractivity contribution < 1.29 is 27.1 Å². The largest absolute Gasteiger partial charge is 0.383 e. The molecule has 0 aliphatic carbocycles. The summed E-state index contributed by atoms with van der Waals surface area (Å²) < 4.78 is 69.1. The summed E-state index contributed by atoms with van der Waals surface area (Å²) in [7, 11) is 0. The highest BCUT2D eigenvalue weighted by molar-refractivity contribution is 8.15. The van der Waals surface area contributed by atoms with Crippen molar-refractivity contribution in [2.24, 2.45) is 0 Å². The van der Waals surface area contributed by atoms with E-state index in [0.29, 0.717) is 0 Å². The predicted octanol–water partition coefficient (Wildman–Crippen LogP) is 5.90. The second-order valence-corrected chi connectivity index (χ2v) is 8.31. The maximum Gasteiger partial charge on any atom is 0.200 e. The molecule has 0 aliphatic heterocycles. The molecule has 1 aromatic heterocycles. The number of rotatable bonds is 5. The summed E-state index contributed by atoms with van der Waals surface area (Å²) in [5, 5.41) is 29.8. The SMILES string of the molecule is N#CC(C(=N)Sc1cccs1)c1cccc(C(O)c2c(F)c(F)c(F)c(F)c2F)c1. The Labute approximate surface area is 175 Å². The highest BCUT2D eigenvalue weighted by atomic mass is 32.2. The number of thiophene rings is 1. The van der Waals surface area contributed by atoms with E-state index < -0.39 is 46.7 Å². The van der Waals surface area contributed by atoms with Crippen LogP contribution in [0.25, 0.3) is 0 Å². The third kappa shape index (κ3) is 4.09. The zero-order valence-corrected chi connectivity index (χ0v) is 16.4.